The third-order valence-electron chi connectivity index (χ3n) is 3.21. The van der Waals surface area contributed by atoms with Gasteiger partial charge in [-0.1, -0.05) is 24.2 Å². The second kappa shape index (κ2) is 6.34. The maximum atomic E-state index is 10.9. The van der Waals surface area contributed by atoms with Gasteiger partial charge in [0.25, 0.3) is 0 Å². The van der Waals surface area contributed by atoms with Crippen molar-refractivity contribution in [1.29, 1.82) is 0 Å². The van der Waals surface area contributed by atoms with Crippen molar-refractivity contribution in [1.82, 2.24) is 10.5 Å². The number of rotatable bonds is 6. The Morgan fingerprint density at radius 3 is 2.90 bits per heavy atom. The summed E-state index contributed by atoms with van der Waals surface area (Å²) >= 11 is 0. The normalized spacial score (nSPS) is 10.7. The van der Waals surface area contributed by atoms with Crippen LogP contribution in [-0.4, -0.2) is 16.2 Å². The average Bonchev–Trinajstić information content (AvgIpc) is 2.80. The monoisotopic (exact) mass is 274 g/mol. The number of nitrogens with zero attached hydrogens (tertiary/aromatic N) is 1. The summed E-state index contributed by atoms with van der Waals surface area (Å²) in [6.45, 7) is 5.20. The van der Waals surface area contributed by atoms with Crippen LogP contribution in [0.15, 0.2) is 28.8 Å². The molecule has 0 bridgehead atoms. The van der Waals surface area contributed by atoms with Gasteiger partial charge in [-0.15, -0.1) is 0 Å². The predicted octanol–water partition coefficient (Wildman–Crippen LogP) is 2.53. The van der Waals surface area contributed by atoms with Crippen LogP contribution in [0, 0.1) is 6.92 Å². The molecule has 2 aromatic rings. The maximum absolute atomic E-state index is 10.9. The van der Waals surface area contributed by atoms with E-state index in [-0.39, 0.29) is 0 Å². The Morgan fingerprint density at radius 2 is 2.20 bits per heavy atom. The number of aromatic carboxylic acids is 1. The van der Waals surface area contributed by atoms with Crippen molar-refractivity contribution in [2.75, 3.05) is 0 Å². The third-order valence-corrected chi connectivity index (χ3v) is 3.21. The van der Waals surface area contributed by atoms with E-state index in [9.17, 15) is 4.79 Å². The molecule has 0 amide bonds. The van der Waals surface area contributed by atoms with Crippen LogP contribution in [0.4, 0.5) is 0 Å². The second-order valence-corrected chi connectivity index (χ2v) is 4.63. The van der Waals surface area contributed by atoms with Crippen molar-refractivity contribution >= 4 is 5.97 Å². The molecule has 0 atom stereocenters. The molecule has 2 rings (SSSR count). The lowest BCUT2D eigenvalue weighted by molar-refractivity contribution is 0.0696. The van der Waals surface area contributed by atoms with Crippen LogP contribution < -0.4 is 5.32 Å². The SMILES string of the molecule is CCc1noc(C)c1CNCc1cccc(C(=O)O)c1. The minimum Gasteiger partial charge on any atom is -0.478 e. The second-order valence-electron chi connectivity index (χ2n) is 4.63. The zero-order chi connectivity index (χ0) is 14.5. The van der Waals surface area contributed by atoms with Crippen LogP contribution in [0.25, 0.3) is 0 Å². The van der Waals surface area contributed by atoms with Crippen LogP contribution in [0.1, 0.15) is 39.9 Å². The number of benzene rings is 1. The molecule has 0 aliphatic rings. The van der Waals surface area contributed by atoms with Crippen LogP contribution >= 0.6 is 0 Å². The summed E-state index contributed by atoms with van der Waals surface area (Å²) in [4.78, 5) is 10.9. The molecule has 0 saturated carbocycles. The van der Waals surface area contributed by atoms with E-state index in [4.69, 9.17) is 9.63 Å². The Balaban J connectivity index is 1.97. The van der Waals surface area contributed by atoms with Crippen molar-refractivity contribution in [3.8, 4) is 0 Å². The summed E-state index contributed by atoms with van der Waals surface area (Å²) in [6, 6.07) is 6.92. The number of aromatic nitrogens is 1. The molecule has 0 fully saturated rings. The number of carbonyl (C=O) groups is 1. The predicted molar refractivity (Wildman–Crippen MR) is 74.6 cm³/mol. The van der Waals surface area contributed by atoms with Gasteiger partial charge in [0.1, 0.15) is 5.76 Å². The van der Waals surface area contributed by atoms with E-state index in [0.717, 1.165) is 29.0 Å². The Labute approximate surface area is 117 Å². The Hall–Kier alpha value is -2.14. The van der Waals surface area contributed by atoms with Crippen molar-refractivity contribution in [3.63, 3.8) is 0 Å². The zero-order valence-corrected chi connectivity index (χ0v) is 11.6. The molecular formula is C15H18N2O3. The molecule has 1 aromatic heterocycles. The van der Waals surface area contributed by atoms with Gasteiger partial charge in [-0.05, 0) is 31.0 Å². The molecule has 0 aliphatic carbocycles. The first kappa shape index (κ1) is 14.3. The van der Waals surface area contributed by atoms with E-state index >= 15 is 0 Å². The highest BCUT2D eigenvalue weighted by atomic mass is 16.5. The molecule has 106 valence electrons. The molecule has 2 N–H and O–H groups in total. The van der Waals surface area contributed by atoms with Gasteiger partial charge in [0, 0.05) is 18.7 Å². The van der Waals surface area contributed by atoms with Crippen LogP contribution in [0.3, 0.4) is 0 Å². The standard InChI is InChI=1S/C15H18N2O3/c1-3-14-13(10(2)20-17-14)9-16-8-11-5-4-6-12(7-11)15(18)19/h4-7,16H,3,8-9H2,1-2H3,(H,18,19). The lowest BCUT2D eigenvalue weighted by Crippen LogP contribution is -2.14. The van der Waals surface area contributed by atoms with E-state index in [2.05, 4.69) is 10.5 Å². The van der Waals surface area contributed by atoms with Crippen molar-refractivity contribution in [2.24, 2.45) is 0 Å². The molecule has 0 spiro atoms. The molecule has 0 unspecified atom stereocenters. The van der Waals surface area contributed by atoms with Gasteiger partial charge in [0.05, 0.1) is 11.3 Å². The lowest BCUT2D eigenvalue weighted by atomic mass is 10.1. The smallest absolute Gasteiger partial charge is 0.335 e. The van der Waals surface area contributed by atoms with Gasteiger partial charge in [-0.2, -0.15) is 0 Å². The number of nitrogens with one attached hydrogen (secondary N) is 1. The van der Waals surface area contributed by atoms with Gasteiger partial charge in [0.15, 0.2) is 0 Å². The number of carboxylic acids is 1. The minimum absolute atomic E-state index is 0.305. The van der Waals surface area contributed by atoms with E-state index in [0.29, 0.717) is 18.7 Å². The van der Waals surface area contributed by atoms with Crippen LogP contribution in [0.2, 0.25) is 0 Å². The van der Waals surface area contributed by atoms with E-state index < -0.39 is 5.97 Å². The molecule has 20 heavy (non-hydrogen) atoms. The minimum atomic E-state index is -0.907. The number of hydrogen-bond donors (Lipinski definition) is 2. The van der Waals surface area contributed by atoms with Gasteiger partial charge in [-0.25, -0.2) is 4.79 Å². The molecular weight excluding hydrogens is 256 g/mol. The summed E-state index contributed by atoms with van der Waals surface area (Å²) in [6.07, 6.45) is 0.836. The first-order valence-electron chi connectivity index (χ1n) is 6.58. The molecule has 1 heterocycles. The van der Waals surface area contributed by atoms with E-state index in [1.165, 1.54) is 0 Å². The fourth-order valence-corrected chi connectivity index (χ4v) is 2.09. The number of hydrogen-bond acceptors (Lipinski definition) is 4. The highest BCUT2D eigenvalue weighted by Gasteiger charge is 2.10. The topological polar surface area (TPSA) is 75.4 Å². The fourth-order valence-electron chi connectivity index (χ4n) is 2.09. The number of carboxylic acid groups (broad SMARTS) is 1. The summed E-state index contributed by atoms with van der Waals surface area (Å²) in [5.74, 6) is -0.0800. The summed E-state index contributed by atoms with van der Waals surface area (Å²) < 4.78 is 5.17. The van der Waals surface area contributed by atoms with Crippen LogP contribution in [-0.2, 0) is 19.5 Å². The Kier molecular flexibility index (Phi) is 4.53. The van der Waals surface area contributed by atoms with Gasteiger partial charge >= 0.3 is 5.97 Å². The maximum Gasteiger partial charge on any atom is 0.335 e. The average molecular weight is 274 g/mol. The van der Waals surface area contributed by atoms with Crippen molar-refractivity contribution < 1.29 is 14.4 Å². The van der Waals surface area contributed by atoms with Gasteiger partial charge in [0.2, 0.25) is 0 Å². The zero-order valence-electron chi connectivity index (χ0n) is 11.6. The molecule has 5 nitrogen and oxygen atoms in total. The Morgan fingerprint density at radius 1 is 1.40 bits per heavy atom. The fraction of sp³-hybridized carbons (Fsp3) is 0.333. The lowest BCUT2D eigenvalue weighted by Gasteiger charge is -2.06. The van der Waals surface area contributed by atoms with Crippen molar-refractivity contribution in [3.05, 3.63) is 52.4 Å². The molecule has 0 saturated heterocycles. The largest absolute Gasteiger partial charge is 0.478 e. The molecule has 1 aromatic carbocycles. The molecule has 0 radical (unpaired) electrons. The summed E-state index contributed by atoms with van der Waals surface area (Å²) in [5, 5.41) is 16.2. The first-order valence-corrected chi connectivity index (χ1v) is 6.58. The highest BCUT2D eigenvalue weighted by Crippen LogP contribution is 2.14. The van der Waals surface area contributed by atoms with Crippen LogP contribution in [0.5, 0.6) is 0 Å². The van der Waals surface area contributed by atoms with Gasteiger partial charge < -0.3 is 14.9 Å². The van der Waals surface area contributed by atoms with E-state index in [1.54, 1.807) is 18.2 Å². The third kappa shape index (κ3) is 3.24. The number of aryl methyl sites for hydroxylation is 2. The van der Waals surface area contributed by atoms with Crippen molar-refractivity contribution in [2.45, 2.75) is 33.4 Å². The Bertz CT molecular complexity index is 605. The van der Waals surface area contributed by atoms with Gasteiger partial charge in [-0.3, -0.25) is 0 Å². The quantitative estimate of drug-likeness (QED) is 0.846. The summed E-state index contributed by atoms with van der Waals surface area (Å²) in [5.41, 5.74) is 3.30. The molecule has 5 heteroatoms. The highest BCUT2D eigenvalue weighted by molar-refractivity contribution is 5.87. The first-order chi connectivity index (χ1) is 9.61. The summed E-state index contributed by atoms with van der Waals surface area (Å²) in [7, 11) is 0. The van der Waals surface area contributed by atoms with E-state index in [1.807, 2.05) is 19.9 Å². The molecule has 0 aliphatic heterocycles.